The van der Waals surface area contributed by atoms with Gasteiger partial charge in [0.15, 0.2) is 5.82 Å². The first-order valence-corrected chi connectivity index (χ1v) is 20.4. The monoisotopic (exact) mass is 896 g/mol. The van der Waals surface area contributed by atoms with Gasteiger partial charge in [0.25, 0.3) is 11.8 Å². The van der Waals surface area contributed by atoms with Crippen LogP contribution in [0.3, 0.4) is 0 Å². The minimum atomic E-state index is -4.80. The predicted molar refractivity (Wildman–Crippen MR) is 222 cm³/mol. The molecule has 4 aromatic carbocycles. The minimum Gasteiger partial charge on any atom is -0.508 e. The van der Waals surface area contributed by atoms with Crippen molar-refractivity contribution in [3.05, 3.63) is 159 Å². The molecule has 3 N–H and O–H groups in total. The zero-order chi connectivity index (χ0) is 44.5. The Hall–Kier alpha value is -6.71. The first-order chi connectivity index (χ1) is 30.1. The molecule has 12 nitrogen and oxygen atoms in total. The summed E-state index contributed by atoms with van der Waals surface area (Å²) in [6.45, 7) is 0.159. The molecule has 1 aromatic heterocycles. The molecule has 0 bridgehead atoms. The summed E-state index contributed by atoms with van der Waals surface area (Å²) in [6, 6.07) is 26.1. The van der Waals surface area contributed by atoms with Crippen molar-refractivity contribution in [1.29, 1.82) is 0 Å². The summed E-state index contributed by atoms with van der Waals surface area (Å²) in [5.41, 5.74) is 1.21. The highest BCUT2D eigenvalue weighted by Crippen LogP contribution is 2.65. The number of hydrogen-bond acceptors (Lipinski definition) is 9. The van der Waals surface area contributed by atoms with Crippen LogP contribution < -0.4 is 15.1 Å². The number of carbonyl (C=O) groups is 5. The molecule has 2 aliphatic carbocycles. The van der Waals surface area contributed by atoms with Crippen molar-refractivity contribution in [2.75, 3.05) is 10.3 Å². The molecule has 6 atom stereocenters. The molecule has 1 saturated carbocycles. The molecule has 3 heterocycles. The lowest BCUT2D eigenvalue weighted by Crippen LogP contribution is -2.53. The van der Waals surface area contributed by atoms with Gasteiger partial charge in [0.2, 0.25) is 11.8 Å². The SMILES string of the molecule is O=C(O)c1cccc(N2C(=O)C3CC=C4C(CC5C(=O)N(Nc6ncc(C(F)(F)F)cc6Cl)C(=O)C5(c5ccc(Cl)cc5)C4c4ccc(OCc5ccccc5)cc4O)C3C2=O)c1. The number of amides is 4. The number of benzene rings is 4. The van der Waals surface area contributed by atoms with Crippen LogP contribution >= 0.6 is 23.2 Å². The van der Waals surface area contributed by atoms with Crippen molar-refractivity contribution < 1.29 is 52.1 Å². The fourth-order valence-electron chi connectivity index (χ4n) is 9.76. The summed E-state index contributed by atoms with van der Waals surface area (Å²) in [6.07, 6.45) is -2.70. The number of alkyl halides is 3. The van der Waals surface area contributed by atoms with E-state index in [2.05, 4.69) is 10.4 Å². The number of phenols is 1. The molecule has 6 unspecified atom stereocenters. The van der Waals surface area contributed by atoms with Crippen LogP contribution in [0.4, 0.5) is 24.7 Å². The summed E-state index contributed by atoms with van der Waals surface area (Å²) >= 11 is 12.7. The second kappa shape index (κ2) is 15.6. The van der Waals surface area contributed by atoms with Crippen LogP contribution in [-0.2, 0) is 37.4 Å². The fraction of sp³-hybridized carbons (Fsp3) is 0.217. The lowest BCUT2D eigenvalue weighted by Gasteiger charge is -2.50. The van der Waals surface area contributed by atoms with Crippen LogP contribution in [0.15, 0.2) is 121 Å². The highest BCUT2D eigenvalue weighted by Gasteiger charge is 2.71. The van der Waals surface area contributed by atoms with Gasteiger partial charge in [-0.15, -0.1) is 0 Å². The van der Waals surface area contributed by atoms with E-state index >= 15 is 9.59 Å². The highest BCUT2D eigenvalue weighted by molar-refractivity contribution is 6.33. The van der Waals surface area contributed by atoms with Crippen LogP contribution in [0.2, 0.25) is 10.0 Å². The topological polar surface area (TPSA) is 166 Å². The van der Waals surface area contributed by atoms with Gasteiger partial charge < -0.3 is 14.9 Å². The van der Waals surface area contributed by atoms with E-state index in [1.54, 1.807) is 30.3 Å². The number of phenolic OH excluding ortho intramolecular Hbond substituents is 1. The lowest BCUT2D eigenvalue weighted by atomic mass is 9.49. The third-order valence-electron chi connectivity index (χ3n) is 12.5. The van der Waals surface area contributed by atoms with Crippen molar-refractivity contribution >= 4 is 64.3 Å². The third-order valence-corrected chi connectivity index (χ3v) is 13.0. The lowest BCUT2D eigenvalue weighted by molar-refractivity contribution is -0.139. The largest absolute Gasteiger partial charge is 0.508 e. The van der Waals surface area contributed by atoms with Gasteiger partial charge in [-0.3, -0.25) is 29.5 Å². The van der Waals surface area contributed by atoms with E-state index < -0.39 is 87.2 Å². The van der Waals surface area contributed by atoms with Gasteiger partial charge >= 0.3 is 12.1 Å². The maximum Gasteiger partial charge on any atom is 0.417 e. The number of anilines is 2. The third kappa shape index (κ3) is 6.86. The number of carbonyl (C=O) groups excluding carboxylic acids is 4. The molecular weight excluding hydrogens is 864 g/mol. The number of halogens is 5. The van der Waals surface area contributed by atoms with E-state index in [0.717, 1.165) is 10.5 Å². The fourth-order valence-corrected chi connectivity index (χ4v) is 10.1. The van der Waals surface area contributed by atoms with Gasteiger partial charge in [0.1, 0.15) is 18.1 Å². The van der Waals surface area contributed by atoms with Crippen molar-refractivity contribution in [3.8, 4) is 11.5 Å². The van der Waals surface area contributed by atoms with E-state index in [9.17, 15) is 37.8 Å². The zero-order valence-corrected chi connectivity index (χ0v) is 34.1. The van der Waals surface area contributed by atoms with E-state index in [4.69, 9.17) is 27.9 Å². The number of ether oxygens (including phenoxy) is 1. The number of aromatic hydroxyl groups is 1. The number of rotatable bonds is 9. The van der Waals surface area contributed by atoms with Crippen molar-refractivity contribution in [2.45, 2.75) is 37.0 Å². The van der Waals surface area contributed by atoms with Gasteiger partial charge in [-0.2, -0.15) is 18.2 Å². The number of allylic oxidation sites excluding steroid dienone is 2. The van der Waals surface area contributed by atoms with Gasteiger partial charge in [0, 0.05) is 28.8 Å². The Morgan fingerprint density at radius 1 is 0.889 bits per heavy atom. The van der Waals surface area contributed by atoms with Crippen LogP contribution in [0.5, 0.6) is 11.5 Å². The Bertz CT molecular complexity index is 2770. The first kappa shape index (κ1) is 41.6. The second-order valence-electron chi connectivity index (χ2n) is 15.8. The summed E-state index contributed by atoms with van der Waals surface area (Å²) in [7, 11) is 0. The zero-order valence-electron chi connectivity index (χ0n) is 32.6. The maximum absolute atomic E-state index is 15.5. The average molecular weight is 898 g/mol. The molecule has 2 aliphatic heterocycles. The number of nitrogens with one attached hydrogen (secondary N) is 1. The van der Waals surface area contributed by atoms with Crippen LogP contribution in [-0.4, -0.2) is 49.8 Å². The molecular formula is C46H33Cl2F3N4O8. The first-order valence-electron chi connectivity index (χ1n) is 19.6. The smallest absolute Gasteiger partial charge is 0.417 e. The van der Waals surface area contributed by atoms with Crippen LogP contribution in [0, 0.1) is 23.7 Å². The Labute approximate surface area is 366 Å². The molecule has 63 heavy (non-hydrogen) atoms. The number of hydrazine groups is 1. The molecule has 4 aliphatic rings. The van der Waals surface area contributed by atoms with Gasteiger partial charge in [-0.25, -0.2) is 9.78 Å². The number of carboxylic acid groups (broad SMARTS) is 1. The Morgan fingerprint density at radius 3 is 2.32 bits per heavy atom. The standard InChI is InChI=1S/C46H33Cl2F3N4O8/c47-27-11-9-25(10-12-27)45-34(41(58)55(44(45)62)53-39-35(48)18-26(21-52-39)46(49,50)51)20-33-30(38(45)31-14-13-29(19-36(31)56)63-22-23-5-2-1-3-6-23)15-16-32-37(33)42(59)54(40(32)57)28-8-4-7-24(17-28)43(60)61/h1-15,17-19,21,32-34,37-38,56H,16,20,22H2,(H,52,53)(H,60,61). The number of carboxylic acids is 1. The van der Waals surface area contributed by atoms with Gasteiger partial charge in [0.05, 0.1) is 45.0 Å². The Balaban J connectivity index is 1.20. The quantitative estimate of drug-likeness (QED) is 0.0964. The van der Waals surface area contributed by atoms with E-state index in [-0.39, 0.29) is 47.8 Å². The number of aromatic carboxylic acids is 1. The molecule has 17 heteroatoms. The van der Waals surface area contributed by atoms with Gasteiger partial charge in [-0.05, 0) is 72.4 Å². The van der Waals surface area contributed by atoms with Crippen LogP contribution in [0.25, 0.3) is 0 Å². The molecule has 4 amide bonds. The molecule has 320 valence electrons. The van der Waals surface area contributed by atoms with Crippen LogP contribution in [0.1, 0.15) is 51.4 Å². The minimum absolute atomic E-state index is 0.0161. The summed E-state index contributed by atoms with van der Waals surface area (Å²) in [5.74, 6) is -10.1. The predicted octanol–water partition coefficient (Wildman–Crippen LogP) is 8.58. The highest BCUT2D eigenvalue weighted by atomic mass is 35.5. The Kier molecular flexibility index (Phi) is 10.3. The van der Waals surface area contributed by atoms with E-state index in [1.165, 1.54) is 42.5 Å². The van der Waals surface area contributed by atoms with Crippen molar-refractivity contribution in [1.82, 2.24) is 9.99 Å². The normalized spacial score (nSPS) is 24.1. The van der Waals surface area contributed by atoms with Crippen molar-refractivity contribution in [2.24, 2.45) is 23.7 Å². The number of nitrogens with zero attached hydrogens (tertiary/aromatic N) is 3. The number of hydrogen-bond donors (Lipinski definition) is 3. The molecule has 2 saturated heterocycles. The number of imide groups is 2. The Morgan fingerprint density at radius 2 is 1.63 bits per heavy atom. The molecule has 9 rings (SSSR count). The number of aromatic nitrogens is 1. The van der Waals surface area contributed by atoms with Gasteiger partial charge in [-0.1, -0.05) is 89.4 Å². The molecule has 0 radical (unpaired) electrons. The average Bonchev–Trinajstić information content (AvgIpc) is 3.64. The summed E-state index contributed by atoms with van der Waals surface area (Å²) in [4.78, 5) is 76.0. The summed E-state index contributed by atoms with van der Waals surface area (Å²) in [5, 5.41) is 22.1. The second-order valence-corrected chi connectivity index (χ2v) is 16.6. The van der Waals surface area contributed by atoms with E-state index in [1.807, 2.05) is 30.3 Å². The molecule has 0 spiro atoms. The molecule has 3 fully saturated rings. The molecule has 5 aromatic rings. The maximum atomic E-state index is 15.5. The summed E-state index contributed by atoms with van der Waals surface area (Å²) < 4.78 is 46.8. The number of pyridine rings is 1. The number of fused-ring (bicyclic) bond motifs is 4. The van der Waals surface area contributed by atoms with E-state index in [0.29, 0.717) is 33.4 Å². The van der Waals surface area contributed by atoms with Crippen molar-refractivity contribution in [3.63, 3.8) is 0 Å².